The van der Waals surface area contributed by atoms with Crippen LogP contribution in [-0.2, 0) is 9.63 Å². The monoisotopic (exact) mass is 205 g/mol. The topological polar surface area (TPSA) is 26.3 Å². The van der Waals surface area contributed by atoms with Gasteiger partial charge in [0.15, 0.2) is 0 Å². The fourth-order valence-corrected chi connectivity index (χ4v) is 0.386. The highest BCUT2D eigenvalue weighted by atomic mass is 19.5. The van der Waals surface area contributed by atoms with Gasteiger partial charge in [0.1, 0.15) is 21.1 Å². The Kier molecular flexibility index (Phi) is 5.73. The lowest BCUT2D eigenvalue weighted by Crippen LogP contribution is -2.36. The van der Waals surface area contributed by atoms with E-state index in [1.807, 2.05) is 0 Å². The molecule has 0 aromatic heterocycles. The second kappa shape index (κ2) is 5.06. The molecular formula is C5H12BF4NO2. The summed E-state index contributed by atoms with van der Waals surface area (Å²) in [6.07, 6.45) is 0. The third-order valence-electron chi connectivity index (χ3n) is 0.402. The average molecular weight is 205 g/mol. The van der Waals surface area contributed by atoms with Gasteiger partial charge in [-0.15, -0.1) is 4.65 Å². The Bertz CT molecular complexity index is 159. The third kappa shape index (κ3) is 53.6. The molecule has 0 heterocycles. The second-order valence-corrected chi connectivity index (χ2v) is 2.97. The van der Waals surface area contributed by atoms with Gasteiger partial charge in [-0.3, -0.25) is 4.84 Å². The minimum atomic E-state index is -6.00. The molecule has 0 aromatic carbocycles. The van der Waals surface area contributed by atoms with Crippen LogP contribution in [0.25, 0.3) is 0 Å². The molecule has 0 radical (unpaired) electrons. The molecule has 0 aliphatic rings. The SMILES string of the molecule is CC(=O)O[N+](C)(C)C.F[B-](F)(F)F. The normalized spacial score (nSPS) is 11.4. The average Bonchev–Trinajstić information content (AvgIpc) is 1.47. The molecule has 0 aliphatic heterocycles. The van der Waals surface area contributed by atoms with Gasteiger partial charge < -0.3 is 17.3 Å². The molecule has 80 valence electrons. The number of carbonyl (C=O) groups is 1. The van der Waals surface area contributed by atoms with Gasteiger partial charge in [0.05, 0.1) is 0 Å². The quantitative estimate of drug-likeness (QED) is 0.280. The van der Waals surface area contributed by atoms with Gasteiger partial charge in [0.25, 0.3) is 0 Å². The third-order valence-corrected chi connectivity index (χ3v) is 0.402. The number of carbonyl (C=O) groups excluding carboxylic acids is 1. The molecule has 0 fully saturated rings. The van der Waals surface area contributed by atoms with E-state index in [0.29, 0.717) is 0 Å². The minimum absolute atomic E-state index is 0.231. The van der Waals surface area contributed by atoms with Crippen LogP contribution in [0.15, 0.2) is 0 Å². The first-order valence-corrected chi connectivity index (χ1v) is 3.31. The predicted octanol–water partition coefficient (Wildman–Crippen LogP) is 1.47. The zero-order valence-corrected chi connectivity index (χ0v) is 7.85. The zero-order valence-electron chi connectivity index (χ0n) is 7.85. The highest BCUT2D eigenvalue weighted by Crippen LogP contribution is 2.06. The lowest BCUT2D eigenvalue weighted by molar-refractivity contribution is -1.04. The fraction of sp³-hybridized carbons (Fsp3) is 0.800. The smallest absolute Gasteiger partial charge is 0.418 e. The molecule has 0 bridgehead atoms. The van der Waals surface area contributed by atoms with Crippen LogP contribution in [0.5, 0.6) is 0 Å². The van der Waals surface area contributed by atoms with Crippen molar-refractivity contribution in [1.82, 2.24) is 0 Å². The van der Waals surface area contributed by atoms with E-state index in [9.17, 15) is 22.1 Å². The van der Waals surface area contributed by atoms with E-state index in [1.165, 1.54) is 6.92 Å². The van der Waals surface area contributed by atoms with Crippen LogP contribution >= 0.6 is 0 Å². The largest absolute Gasteiger partial charge is 0.673 e. The molecule has 0 unspecified atom stereocenters. The van der Waals surface area contributed by atoms with Crippen LogP contribution in [0.2, 0.25) is 0 Å². The summed E-state index contributed by atoms with van der Waals surface area (Å²) >= 11 is 0. The molecule has 0 aliphatic carbocycles. The number of nitrogens with zero attached hydrogens (tertiary/aromatic N) is 1. The summed E-state index contributed by atoms with van der Waals surface area (Å²) in [7, 11) is -0.662. The van der Waals surface area contributed by atoms with E-state index in [-0.39, 0.29) is 10.6 Å². The molecule has 0 rings (SSSR count). The Morgan fingerprint density at radius 1 is 1.15 bits per heavy atom. The zero-order chi connectivity index (χ0) is 11.3. The number of hydrogen-bond acceptors (Lipinski definition) is 2. The molecule has 3 nitrogen and oxygen atoms in total. The van der Waals surface area contributed by atoms with E-state index < -0.39 is 7.25 Å². The van der Waals surface area contributed by atoms with Crippen LogP contribution in [-0.4, -0.2) is 39.0 Å². The van der Waals surface area contributed by atoms with Crippen LogP contribution in [0.1, 0.15) is 6.92 Å². The van der Waals surface area contributed by atoms with Crippen molar-refractivity contribution in [3.05, 3.63) is 0 Å². The summed E-state index contributed by atoms with van der Waals surface area (Å²) in [5.74, 6) is -0.252. The van der Waals surface area contributed by atoms with Gasteiger partial charge in [-0.25, -0.2) is 4.79 Å². The summed E-state index contributed by atoms with van der Waals surface area (Å²) in [5.41, 5.74) is 0. The second-order valence-electron chi connectivity index (χ2n) is 2.97. The predicted molar refractivity (Wildman–Crippen MR) is 40.0 cm³/mol. The molecule has 0 amide bonds. The Balaban J connectivity index is 0. The Hall–Kier alpha value is -0.785. The summed E-state index contributed by atoms with van der Waals surface area (Å²) in [6, 6.07) is 0. The first kappa shape index (κ1) is 14.7. The van der Waals surface area contributed by atoms with E-state index in [2.05, 4.69) is 0 Å². The van der Waals surface area contributed by atoms with Gasteiger partial charge >= 0.3 is 13.2 Å². The summed E-state index contributed by atoms with van der Waals surface area (Å²) in [6.45, 7) is 1.39. The molecular weight excluding hydrogens is 193 g/mol. The highest BCUT2D eigenvalue weighted by Gasteiger charge is 2.20. The van der Waals surface area contributed by atoms with Crippen molar-refractivity contribution in [3.8, 4) is 0 Å². The summed E-state index contributed by atoms with van der Waals surface area (Å²) < 4.78 is 39.2. The lowest BCUT2D eigenvalue weighted by atomic mass is 10.3. The van der Waals surface area contributed by atoms with Crippen molar-refractivity contribution in [2.75, 3.05) is 21.1 Å². The number of hydroxylamine groups is 3. The Morgan fingerprint density at radius 3 is 1.38 bits per heavy atom. The molecule has 0 saturated heterocycles. The van der Waals surface area contributed by atoms with Crippen LogP contribution in [0.4, 0.5) is 17.3 Å². The minimum Gasteiger partial charge on any atom is -0.418 e. The van der Waals surface area contributed by atoms with Crippen LogP contribution in [0, 0.1) is 0 Å². The number of halogens is 4. The maximum absolute atomic E-state index is 10.2. The molecule has 8 heteroatoms. The molecule has 0 aromatic rings. The first-order valence-electron chi connectivity index (χ1n) is 3.31. The summed E-state index contributed by atoms with van der Waals surface area (Å²) in [4.78, 5) is 15.0. The Morgan fingerprint density at radius 2 is 1.38 bits per heavy atom. The van der Waals surface area contributed by atoms with Gasteiger partial charge in [0.2, 0.25) is 0 Å². The molecule has 0 atom stereocenters. The van der Waals surface area contributed by atoms with E-state index >= 15 is 0 Å². The molecule has 13 heavy (non-hydrogen) atoms. The molecule has 0 saturated carbocycles. The van der Waals surface area contributed by atoms with Crippen LogP contribution < -0.4 is 0 Å². The van der Waals surface area contributed by atoms with Gasteiger partial charge in [0, 0.05) is 6.92 Å². The van der Waals surface area contributed by atoms with Gasteiger partial charge in [-0.05, 0) is 0 Å². The van der Waals surface area contributed by atoms with Gasteiger partial charge in [-0.1, -0.05) is 0 Å². The van der Waals surface area contributed by atoms with Gasteiger partial charge in [-0.2, -0.15) is 0 Å². The standard InChI is InChI=1S/C5H12NO2.BF4/c1-5(7)8-6(2,3)4;2-1(3,4)5/h1-4H3;/q+1;-1. The summed E-state index contributed by atoms with van der Waals surface area (Å²) in [5, 5.41) is 0. The molecule has 0 N–H and O–H groups in total. The Labute approximate surface area is 73.9 Å². The number of quaternary nitrogens is 1. The van der Waals surface area contributed by atoms with Crippen molar-refractivity contribution >= 4 is 13.2 Å². The van der Waals surface area contributed by atoms with Crippen molar-refractivity contribution < 1.29 is 31.5 Å². The van der Waals surface area contributed by atoms with Crippen molar-refractivity contribution in [2.45, 2.75) is 6.92 Å². The van der Waals surface area contributed by atoms with E-state index in [0.717, 1.165) is 0 Å². The highest BCUT2D eigenvalue weighted by molar-refractivity contribution is 6.50. The maximum Gasteiger partial charge on any atom is 0.673 e. The maximum atomic E-state index is 10.2. The van der Waals surface area contributed by atoms with E-state index in [1.54, 1.807) is 21.1 Å². The fourth-order valence-electron chi connectivity index (χ4n) is 0.386. The van der Waals surface area contributed by atoms with Crippen molar-refractivity contribution in [2.24, 2.45) is 0 Å². The lowest BCUT2D eigenvalue weighted by Gasteiger charge is -2.18. The number of rotatable bonds is 1. The molecule has 0 spiro atoms. The van der Waals surface area contributed by atoms with Crippen molar-refractivity contribution in [3.63, 3.8) is 0 Å². The van der Waals surface area contributed by atoms with Crippen molar-refractivity contribution in [1.29, 1.82) is 0 Å². The van der Waals surface area contributed by atoms with Crippen LogP contribution in [0.3, 0.4) is 0 Å². The first-order chi connectivity index (χ1) is 5.42. The van der Waals surface area contributed by atoms with E-state index in [4.69, 9.17) is 4.84 Å². The number of hydrogen-bond donors (Lipinski definition) is 0.